The van der Waals surface area contributed by atoms with Gasteiger partial charge in [-0.25, -0.2) is 9.89 Å². The predicted molar refractivity (Wildman–Crippen MR) is 97.6 cm³/mol. The van der Waals surface area contributed by atoms with E-state index in [-0.39, 0.29) is 29.2 Å². The zero-order chi connectivity index (χ0) is 18.5. The van der Waals surface area contributed by atoms with Crippen molar-refractivity contribution in [3.63, 3.8) is 0 Å². The predicted octanol–water partition coefficient (Wildman–Crippen LogP) is 1.68. The van der Waals surface area contributed by atoms with Crippen LogP contribution in [0.1, 0.15) is 30.1 Å². The Bertz CT molecular complexity index is 854. The van der Waals surface area contributed by atoms with Crippen LogP contribution in [-0.2, 0) is 16.1 Å². The Morgan fingerprint density at radius 2 is 2.31 bits per heavy atom. The Morgan fingerprint density at radius 1 is 1.46 bits per heavy atom. The van der Waals surface area contributed by atoms with Gasteiger partial charge in [0.2, 0.25) is 5.91 Å². The normalized spacial score (nSPS) is 16.6. The number of hydrogen-bond acceptors (Lipinski definition) is 6. The van der Waals surface area contributed by atoms with E-state index in [9.17, 15) is 14.4 Å². The Kier molecular flexibility index (Phi) is 5.89. The summed E-state index contributed by atoms with van der Waals surface area (Å²) in [6.45, 7) is 2.61. The highest BCUT2D eigenvalue weighted by molar-refractivity contribution is 7.99. The maximum atomic E-state index is 12.2. The molecule has 2 aromatic rings. The average molecular weight is 376 g/mol. The molecular weight excluding hydrogens is 356 g/mol. The zero-order valence-electron chi connectivity index (χ0n) is 14.4. The van der Waals surface area contributed by atoms with Gasteiger partial charge in [0.15, 0.2) is 10.9 Å². The number of aromatic amines is 1. The van der Waals surface area contributed by atoms with Crippen LogP contribution in [0.15, 0.2) is 34.2 Å². The number of amides is 1. The molecule has 0 radical (unpaired) electrons. The number of ketones is 1. The molecule has 0 saturated carbocycles. The average Bonchev–Trinajstić information content (AvgIpc) is 3.25. The highest BCUT2D eigenvalue weighted by Crippen LogP contribution is 2.18. The summed E-state index contributed by atoms with van der Waals surface area (Å²) >= 11 is 1.18. The summed E-state index contributed by atoms with van der Waals surface area (Å²) in [4.78, 5) is 35.5. The van der Waals surface area contributed by atoms with E-state index in [2.05, 4.69) is 15.5 Å². The van der Waals surface area contributed by atoms with E-state index in [1.807, 2.05) is 0 Å². The third-order valence-electron chi connectivity index (χ3n) is 4.02. The van der Waals surface area contributed by atoms with Crippen LogP contribution in [0.2, 0.25) is 0 Å². The van der Waals surface area contributed by atoms with Gasteiger partial charge in [0, 0.05) is 17.9 Å². The lowest BCUT2D eigenvalue weighted by atomic mass is 10.1. The van der Waals surface area contributed by atoms with Crippen molar-refractivity contribution in [1.29, 1.82) is 0 Å². The number of aromatic nitrogens is 3. The standard InChI is InChI=1S/C17H20N4O4S/c1-11(22)12-4-2-5-13(8-12)18-15(23)10-26-17-20-19-16(24)21(17)9-14-6-3-7-25-14/h2,4-5,8,14H,3,6-7,9-10H2,1H3,(H,18,23)(H,19,24)/t14-/m1/s1. The Morgan fingerprint density at radius 3 is 3.04 bits per heavy atom. The van der Waals surface area contributed by atoms with E-state index < -0.39 is 0 Å². The van der Waals surface area contributed by atoms with Crippen LogP contribution in [0.3, 0.4) is 0 Å². The van der Waals surface area contributed by atoms with Crippen LogP contribution in [0.5, 0.6) is 0 Å². The lowest BCUT2D eigenvalue weighted by molar-refractivity contribution is -0.113. The van der Waals surface area contributed by atoms with Gasteiger partial charge in [0.1, 0.15) is 0 Å². The summed E-state index contributed by atoms with van der Waals surface area (Å²) in [5, 5.41) is 9.60. The number of anilines is 1. The first kappa shape index (κ1) is 18.4. The molecule has 1 aliphatic rings. The molecule has 1 fully saturated rings. The SMILES string of the molecule is CC(=O)c1cccc(NC(=O)CSc2n[nH]c(=O)n2C[C@H]2CCCO2)c1. The van der Waals surface area contributed by atoms with Gasteiger partial charge in [-0.15, -0.1) is 5.10 Å². The smallest absolute Gasteiger partial charge is 0.344 e. The van der Waals surface area contributed by atoms with Crippen molar-refractivity contribution in [3.8, 4) is 0 Å². The van der Waals surface area contributed by atoms with E-state index in [0.29, 0.717) is 29.6 Å². The third kappa shape index (κ3) is 4.61. The molecule has 1 aromatic heterocycles. The number of benzene rings is 1. The van der Waals surface area contributed by atoms with Gasteiger partial charge in [-0.3, -0.25) is 14.2 Å². The maximum absolute atomic E-state index is 12.2. The molecule has 1 atom stereocenters. The highest BCUT2D eigenvalue weighted by atomic mass is 32.2. The van der Waals surface area contributed by atoms with E-state index >= 15 is 0 Å². The molecule has 1 amide bonds. The van der Waals surface area contributed by atoms with Crippen molar-refractivity contribution in [2.24, 2.45) is 0 Å². The first-order valence-corrected chi connectivity index (χ1v) is 9.32. The summed E-state index contributed by atoms with van der Waals surface area (Å²) in [6, 6.07) is 6.76. The topological polar surface area (TPSA) is 106 Å². The minimum Gasteiger partial charge on any atom is -0.376 e. The molecule has 2 heterocycles. The molecule has 138 valence electrons. The Labute approximate surface area is 154 Å². The van der Waals surface area contributed by atoms with Gasteiger partial charge in [-0.1, -0.05) is 23.9 Å². The minimum atomic E-state index is -0.308. The van der Waals surface area contributed by atoms with E-state index in [1.54, 1.807) is 24.3 Å². The summed E-state index contributed by atoms with van der Waals surface area (Å²) in [5.74, 6) is -0.208. The fraction of sp³-hybridized carbons (Fsp3) is 0.412. The summed E-state index contributed by atoms with van der Waals surface area (Å²) in [6.07, 6.45) is 1.91. The second-order valence-corrected chi connectivity index (χ2v) is 6.97. The number of carbonyl (C=O) groups is 2. The van der Waals surface area contributed by atoms with Crippen molar-refractivity contribution >= 4 is 29.1 Å². The Balaban J connectivity index is 1.58. The molecule has 3 rings (SSSR count). The molecule has 26 heavy (non-hydrogen) atoms. The van der Waals surface area contributed by atoms with Crippen molar-refractivity contribution in [3.05, 3.63) is 40.3 Å². The molecule has 1 aliphatic heterocycles. The van der Waals surface area contributed by atoms with E-state index in [0.717, 1.165) is 12.8 Å². The first-order valence-electron chi connectivity index (χ1n) is 8.33. The van der Waals surface area contributed by atoms with Gasteiger partial charge >= 0.3 is 5.69 Å². The number of thioether (sulfide) groups is 1. The second-order valence-electron chi connectivity index (χ2n) is 6.03. The summed E-state index contributed by atoms with van der Waals surface area (Å²) in [5.41, 5.74) is 0.785. The van der Waals surface area contributed by atoms with Crippen molar-refractivity contribution in [1.82, 2.24) is 14.8 Å². The van der Waals surface area contributed by atoms with Crippen LogP contribution in [0.4, 0.5) is 5.69 Å². The minimum absolute atomic E-state index is 0.00722. The highest BCUT2D eigenvalue weighted by Gasteiger charge is 2.20. The monoisotopic (exact) mass is 376 g/mol. The van der Waals surface area contributed by atoms with Crippen LogP contribution >= 0.6 is 11.8 Å². The van der Waals surface area contributed by atoms with Gasteiger partial charge < -0.3 is 10.1 Å². The largest absolute Gasteiger partial charge is 0.376 e. The van der Waals surface area contributed by atoms with E-state index in [1.165, 1.54) is 23.3 Å². The molecule has 0 unspecified atom stereocenters. The lowest BCUT2D eigenvalue weighted by Gasteiger charge is -2.11. The maximum Gasteiger partial charge on any atom is 0.344 e. The molecule has 8 nitrogen and oxygen atoms in total. The third-order valence-corrected chi connectivity index (χ3v) is 5.00. The molecule has 0 bridgehead atoms. The second kappa shape index (κ2) is 8.33. The molecule has 1 saturated heterocycles. The quantitative estimate of drug-likeness (QED) is 0.563. The van der Waals surface area contributed by atoms with Crippen molar-refractivity contribution in [2.45, 2.75) is 37.6 Å². The lowest BCUT2D eigenvalue weighted by Crippen LogP contribution is -2.25. The first-order chi connectivity index (χ1) is 12.5. The number of ether oxygens (including phenoxy) is 1. The molecule has 0 spiro atoms. The van der Waals surface area contributed by atoms with Crippen molar-refractivity contribution in [2.75, 3.05) is 17.7 Å². The van der Waals surface area contributed by atoms with Crippen LogP contribution in [-0.4, -0.2) is 44.9 Å². The number of hydrogen-bond donors (Lipinski definition) is 2. The van der Waals surface area contributed by atoms with Gasteiger partial charge in [0.05, 0.1) is 18.4 Å². The molecule has 0 aliphatic carbocycles. The molecular formula is C17H20N4O4S. The van der Waals surface area contributed by atoms with Crippen molar-refractivity contribution < 1.29 is 14.3 Å². The number of rotatable bonds is 7. The number of carbonyl (C=O) groups excluding carboxylic acids is 2. The number of Topliss-reactive ketones (excluding diaryl/α,β-unsaturated/α-hetero) is 1. The number of nitrogens with zero attached hydrogens (tertiary/aromatic N) is 2. The fourth-order valence-electron chi connectivity index (χ4n) is 2.71. The van der Waals surface area contributed by atoms with Crippen LogP contribution in [0.25, 0.3) is 0 Å². The van der Waals surface area contributed by atoms with Crippen LogP contribution in [0, 0.1) is 0 Å². The fourth-order valence-corrected chi connectivity index (χ4v) is 3.47. The van der Waals surface area contributed by atoms with E-state index in [4.69, 9.17) is 4.74 Å². The number of nitrogens with one attached hydrogen (secondary N) is 2. The summed E-state index contributed by atoms with van der Waals surface area (Å²) < 4.78 is 7.06. The Hall–Kier alpha value is -2.39. The number of H-pyrrole nitrogens is 1. The van der Waals surface area contributed by atoms with Crippen LogP contribution < -0.4 is 11.0 Å². The molecule has 2 N–H and O–H groups in total. The zero-order valence-corrected chi connectivity index (χ0v) is 15.2. The van der Waals surface area contributed by atoms with Gasteiger partial charge in [-0.2, -0.15) is 0 Å². The van der Waals surface area contributed by atoms with Gasteiger partial charge in [0.25, 0.3) is 0 Å². The van der Waals surface area contributed by atoms with Gasteiger partial charge in [-0.05, 0) is 31.9 Å². The molecule has 1 aromatic carbocycles. The molecule has 9 heteroatoms. The summed E-state index contributed by atoms with van der Waals surface area (Å²) in [7, 11) is 0.